The van der Waals surface area contributed by atoms with Crippen molar-refractivity contribution < 1.29 is 23.4 Å². The summed E-state index contributed by atoms with van der Waals surface area (Å²) in [6.07, 6.45) is 1.92. The van der Waals surface area contributed by atoms with E-state index < -0.39 is 6.10 Å². The van der Waals surface area contributed by atoms with Gasteiger partial charge in [0.1, 0.15) is 23.9 Å². The molecule has 0 amide bonds. The molecular formula is C18H25NO5. The number of furan rings is 2. The van der Waals surface area contributed by atoms with Gasteiger partial charge in [0.15, 0.2) is 0 Å². The number of β-amino-alcohol motifs (C(OH)–C–C–N with tert-alkyl or cyclic N) is 1. The number of hydrogen-bond donors (Lipinski definition) is 1. The van der Waals surface area contributed by atoms with E-state index >= 15 is 0 Å². The summed E-state index contributed by atoms with van der Waals surface area (Å²) < 4.78 is 22.2. The van der Waals surface area contributed by atoms with Crippen LogP contribution in [0, 0.1) is 0 Å². The summed E-state index contributed by atoms with van der Waals surface area (Å²) in [7, 11) is 0. The second-order valence-electron chi connectivity index (χ2n) is 5.99. The van der Waals surface area contributed by atoms with Crippen LogP contribution < -0.4 is 0 Å². The van der Waals surface area contributed by atoms with E-state index in [0.29, 0.717) is 26.4 Å². The third kappa shape index (κ3) is 4.48. The van der Waals surface area contributed by atoms with Gasteiger partial charge in [-0.05, 0) is 24.3 Å². The SMILES string of the molecule is CCc1ccc(C2COCCN2CC(O)COCc2ccco2)o1. The molecule has 1 saturated heterocycles. The van der Waals surface area contributed by atoms with E-state index in [4.69, 9.17) is 18.3 Å². The van der Waals surface area contributed by atoms with Gasteiger partial charge in [-0.15, -0.1) is 0 Å². The van der Waals surface area contributed by atoms with E-state index in [1.54, 1.807) is 6.26 Å². The first kappa shape index (κ1) is 17.2. The minimum Gasteiger partial charge on any atom is -0.467 e. The molecule has 1 aliphatic rings. The fraction of sp³-hybridized carbons (Fsp3) is 0.556. The molecule has 3 heterocycles. The standard InChI is InChI=1S/C18H25NO5/c1-2-15-5-6-18(24-15)17-13-21-9-7-19(17)10-14(20)11-22-12-16-4-3-8-23-16/h3-6,8,14,17,20H,2,7,9-13H2,1H3. The van der Waals surface area contributed by atoms with Crippen molar-refractivity contribution in [2.45, 2.75) is 32.1 Å². The Labute approximate surface area is 142 Å². The summed E-state index contributed by atoms with van der Waals surface area (Å²) in [6.45, 7) is 5.24. The normalized spacial score (nSPS) is 20.3. The monoisotopic (exact) mass is 335 g/mol. The number of aryl methyl sites for hydroxylation is 1. The van der Waals surface area contributed by atoms with Gasteiger partial charge < -0.3 is 23.4 Å². The molecule has 0 bridgehead atoms. The van der Waals surface area contributed by atoms with Crippen molar-refractivity contribution in [1.29, 1.82) is 0 Å². The molecule has 132 valence electrons. The molecule has 2 aromatic heterocycles. The van der Waals surface area contributed by atoms with Crippen molar-refractivity contribution in [1.82, 2.24) is 4.90 Å². The van der Waals surface area contributed by atoms with Crippen molar-refractivity contribution in [2.24, 2.45) is 0 Å². The maximum absolute atomic E-state index is 10.3. The average molecular weight is 335 g/mol. The molecule has 2 unspecified atom stereocenters. The van der Waals surface area contributed by atoms with Crippen molar-refractivity contribution in [2.75, 3.05) is 32.9 Å². The summed E-state index contributed by atoms with van der Waals surface area (Å²) in [5.74, 6) is 2.63. The maximum atomic E-state index is 10.3. The molecule has 1 aliphatic heterocycles. The van der Waals surface area contributed by atoms with Crippen LogP contribution in [0.5, 0.6) is 0 Å². The lowest BCUT2D eigenvalue weighted by molar-refractivity contribution is -0.0517. The summed E-state index contributed by atoms with van der Waals surface area (Å²) in [5.41, 5.74) is 0. The molecule has 0 aromatic carbocycles. The van der Waals surface area contributed by atoms with Gasteiger partial charge in [0.25, 0.3) is 0 Å². The molecule has 2 aromatic rings. The van der Waals surface area contributed by atoms with E-state index in [9.17, 15) is 5.11 Å². The van der Waals surface area contributed by atoms with Gasteiger partial charge in [0.05, 0.1) is 38.2 Å². The Morgan fingerprint density at radius 2 is 2.25 bits per heavy atom. The van der Waals surface area contributed by atoms with Crippen LogP contribution in [-0.2, 0) is 22.5 Å². The maximum Gasteiger partial charge on any atom is 0.129 e. The number of rotatable bonds is 8. The Morgan fingerprint density at radius 1 is 1.33 bits per heavy atom. The predicted octanol–water partition coefficient (Wildman–Crippen LogP) is 2.39. The predicted molar refractivity (Wildman–Crippen MR) is 87.6 cm³/mol. The Kier molecular flexibility index (Phi) is 6.09. The van der Waals surface area contributed by atoms with E-state index in [0.717, 1.165) is 30.2 Å². The Hall–Kier alpha value is -1.60. The molecule has 1 fully saturated rings. The van der Waals surface area contributed by atoms with Gasteiger partial charge in [-0.3, -0.25) is 4.90 Å². The summed E-state index contributed by atoms with van der Waals surface area (Å²) in [6, 6.07) is 7.73. The summed E-state index contributed by atoms with van der Waals surface area (Å²) in [5, 5.41) is 10.3. The van der Waals surface area contributed by atoms with Gasteiger partial charge in [0.2, 0.25) is 0 Å². The minimum atomic E-state index is -0.568. The van der Waals surface area contributed by atoms with E-state index in [1.807, 2.05) is 24.3 Å². The van der Waals surface area contributed by atoms with Crippen molar-refractivity contribution in [3.8, 4) is 0 Å². The number of aliphatic hydroxyl groups is 1. The quantitative estimate of drug-likeness (QED) is 0.799. The molecule has 6 heteroatoms. The van der Waals surface area contributed by atoms with E-state index in [2.05, 4.69) is 11.8 Å². The molecule has 0 saturated carbocycles. The number of nitrogens with zero attached hydrogens (tertiary/aromatic N) is 1. The highest BCUT2D eigenvalue weighted by atomic mass is 16.5. The van der Waals surface area contributed by atoms with Crippen molar-refractivity contribution in [3.63, 3.8) is 0 Å². The molecule has 3 rings (SSSR count). The van der Waals surface area contributed by atoms with Crippen LogP contribution in [0.2, 0.25) is 0 Å². The summed E-state index contributed by atoms with van der Waals surface area (Å²) in [4.78, 5) is 2.20. The average Bonchev–Trinajstić information content (AvgIpc) is 3.27. The zero-order chi connectivity index (χ0) is 16.8. The third-order valence-corrected chi connectivity index (χ3v) is 4.18. The van der Waals surface area contributed by atoms with Gasteiger partial charge in [-0.25, -0.2) is 0 Å². The van der Waals surface area contributed by atoms with Gasteiger partial charge in [-0.2, -0.15) is 0 Å². The fourth-order valence-electron chi connectivity index (χ4n) is 2.90. The topological polar surface area (TPSA) is 68.2 Å². The number of morpholine rings is 1. The minimum absolute atomic E-state index is 0.0405. The molecule has 1 N–H and O–H groups in total. The van der Waals surface area contributed by atoms with Crippen LogP contribution in [0.25, 0.3) is 0 Å². The lowest BCUT2D eigenvalue weighted by Gasteiger charge is -2.35. The third-order valence-electron chi connectivity index (χ3n) is 4.18. The molecular weight excluding hydrogens is 310 g/mol. The first-order valence-electron chi connectivity index (χ1n) is 8.45. The molecule has 6 nitrogen and oxygen atoms in total. The van der Waals surface area contributed by atoms with Crippen LogP contribution >= 0.6 is 0 Å². The highest BCUT2D eigenvalue weighted by Gasteiger charge is 2.28. The van der Waals surface area contributed by atoms with Crippen LogP contribution in [0.4, 0.5) is 0 Å². The highest BCUT2D eigenvalue weighted by Crippen LogP contribution is 2.26. The number of ether oxygens (including phenoxy) is 2. The first-order chi connectivity index (χ1) is 11.8. The smallest absolute Gasteiger partial charge is 0.129 e. The van der Waals surface area contributed by atoms with Gasteiger partial charge in [-0.1, -0.05) is 6.92 Å². The first-order valence-corrected chi connectivity index (χ1v) is 8.45. The molecule has 2 atom stereocenters. The van der Waals surface area contributed by atoms with E-state index in [-0.39, 0.29) is 12.6 Å². The number of hydrogen-bond acceptors (Lipinski definition) is 6. The lowest BCUT2D eigenvalue weighted by Crippen LogP contribution is -2.44. The van der Waals surface area contributed by atoms with Crippen LogP contribution in [0.1, 0.15) is 30.2 Å². The molecule has 0 spiro atoms. The molecule has 0 radical (unpaired) electrons. The van der Waals surface area contributed by atoms with Crippen LogP contribution in [-0.4, -0.2) is 49.0 Å². The number of aliphatic hydroxyl groups excluding tert-OH is 1. The Bertz CT molecular complexity index is 594. The largest absolute Gasteiger partial charge is 0.467 e. The molecule has 0 aliphatic carbocycles. The summed E-state index contributed by atoms with van der Waals surface area (Å²) >= 11 is 0. The van der Waals surface area contributed by atoms with Gasteiger partial charge in [0, 0.05) is 19.5 Å². The van der Waals surface area contributed by atoms with Crippen molar-refractivity contribution >= 4 is 0 Å². The Balaban J connectivity index is 1.51. The van der Waals surface area contributed by atoms with Crippen LogP contribution in [0.3, 0.4) is 0 Å². The highest BCUT2D eigenvalue weighted by molar-refractivity contribution is 5.11. The van der Waals surface area contributed by atoms with Crippen molar-refractivity contribution in [3.05, 3.63) is 47.8 Å². The zero-order valence-electron chi connectivity index (χ0n) is 14.0. The fourth-order valence-corrected chi connectivity index (χ4v) is 2.90. The lowest BCUT2D eigenvalue weighted by atomic mass is 10.1. The Morgan fingerprint density at radius 3 is 3.00 bits per heavy atom. The van der Waals surface area contributed by atoms with E-state index in [1.165, 1.54) is 0 Å². The molecule has 24 heavy (non-hydrogen) atoms. The second kappa shape index (κ2) is 8.48. The zero-order valence-corrected chi connectivity index (χ0v) is 14.0. The van der Waals surface area contributed by atoms with Crippen LogP contribution in [0.15, 0.2) is 39.4 Å². The second-order valence-corrected chi connectivity index (χ2v) is 5.99. The van der Waals surface area contributed by atoms with Gasteiger partial charge >= 0.3 is 0 Å².